The van der Waals surface area contributed by atoms with Gasteiger partial charge in [-0.05, 0) is 78.0 Å². The van der Waals surface area contributed by atoms with Gasteiger partial charge in [-0.2, -0.15) is 20.5 Å². The molecule has 0 aliphatic rings. The Kier molecular flexibility index (Phi) is 8.11. The van der Waals surface area contributed by atoms with Crippen LogP contribution in [0.25, 0.3) is 0 Å². The van der Waals surface area contributed by atoms with E-state index in [0.29, 0.717) is 34.2 Å². The van der Waals surface area contributed by atoms with Crippen molar-refractivity contribution in [2.24, 2.45) is 20.5 Å². The third-order valence-corrected chi connectivity index (χ3v) is 5.49. The zero-order chi connectivity index (χ0) is 26.9. The first-order valence-corrected chi connectivity index (χ1v) is 11.9. The molecule has 0 amide bonds. The highest BCUT2D eigenvalue weighted by molar-refractivity contribution is 7.35. The van der Waals surface area contributed by atoms with Crippen molar-refractivity contribution in [1.82, 2.24) is 0 Å². The molecular weight excluding hydrogens is 513 g/mol. The minimum absolute atomic E-state index is 0.0271. The van der Waals surface area contributed by atoms with Crippen LogP contribution >= 0.6 is 8.17 Å². The number of benzene rings is 4. The molecule has 0 heterocycles. The van der Waals surface area contributed by atoms with E-state index < -0.39 is 18.0 Å². The van der Waals surface area contributed by atoms with E-state index in [2.05, 4.69) is 20.5 Å². The lowest BCUT2D eigenvalue weighted by Gasteiger charge is -1.98. The summed E-state index contributed by atoms with van der Waals surface area (Å²) in [5, 5.41) is 45.7. The molecule has 0 aliphatic carbocycles. The van der Waals surface area contributed by atoms with Crippen LogP contribution in [-0.4, -0.2) is 9.85 Å². The van der Waals surface area contributed by atoms with Gasteiger partial charge >= 0.3 is 8.17 Å². The molecule has 0 atom stereocenters. The second-order valence-corrected chi connectivity index (χ2v) is 8.25. The van der Waals surface area contributed by atoms with Crippen molar-refractivity contribution in [3.8, 4) is 11.5 Å². The van der Waals surface area contributed by atoms with E-state index in [9.17, 15) is 20.2 Å². The fraction of sp³-hybridized carbons (Fsp3) is 0. The average molecular weight is 530 g/mol. The summed E-state index contributed by atoms with van der Waals surface area (Å²) in [5.74, 6) is 0.822. The van der Waals surface area contributed by atoms with Crippen LogP contribution in [-0.2, 0) is 0 Å². The van der Waals surface area contributed by atoms with Crippen molar-refractivity contribution in [2.75, 3.05) is 0 Å². The maximum absolute atomic E-state index is 10.7. The summed E-state index contributed by atoms with van der Waals surface area (Å²) in [5.41, 5.74) is 1.95. The Morgan fingerprint density at radius 1 is 0.526 bits per heavy atom. The van der Waals surface area contributed by atoms with Gasteiger partial charge in [0, 0.05) is 24.3 Å². The van der Waals surface area contributed by atoms with Crippen molar-refractivity contribution < 1.29 is 18.9 Å². The highest BCUT2D eigenvalue weighted by atomic mass is 31.1. The Bertz CT molecular complexity index is 1390. The zero-order valence-electron chi connectivity index (χ0n) is 19.3. The van der Waals surface area contributed by atoms with Crippen LogP contribution in [0, 0.1) is 25.4 Å². The third-order valence-electron chi connectivity index (χ3n) is 4.73. The molecule has 38 heavy (non-hydrogen) atoms. The smallest absolute Gasteiger partial charge is 0.258 e. The minimum Gasteiger partial charge on any atom is -0.258 e. The number of nitrogens with one attached hydrogen (secondary N) is 1. The van der Waals surface area contributed by atoms with Crippen molar-refractivity contribution in [3.05, 3.63) is 117 Å². The molecule has 4 rings (SSSR count). The number of hydrogen-bond donors (Lipinski definition) is 1. The molecule has 0 bridgehead atoms. The fourth-order valence-electron chi connectivity index (χ4n) is 2.87. The number of non-ortho nitro benzene ring substituents is 2. The van der Waals surface area contributed by atoms with Gasteiger partial charge in [0.15, 0.2) is 11.5 Å². The molecular formula is C24H17N7O6P+. The SMILES string of the molecule is N=[P+](Oc1ccc(N=Nc2ccc([N+](=O)[O-])cc2)cc1)Oc1ccc(N=Nc2ccc([N+](=O)[O-])cc2)cc1. The lowest BCUT2D eigenvalue weighted by Crippen LogP contribution is -1.88. The molecule has 0 aromatic heterocycles. The van der Waals surface area contributed by atoms with Crippen molar-refractivity contribution >= 4 is 42.3 Å². The highest BCUT2D eigenvalue weighted by Crippen LogP contribution is 2.33. The number of rotatable bonds is 10. The normalized spacial score (nSPS) is 11.4. The van der Waals surface area contributed by atoms with Crippen LogP contribution in [0.15, 0.2) is 118 Å². The molecule has 188 valence electrons. The minimum atomic E-state index is -2.03. The van der Waals surface area contributed by atoms with Crippen LogP contribution in [0.3, 0.4) is 0 Å². The van der Waals surface area contributed by atoms with Gasteiger partial charge in [0.25, 0.3) is 11.4 Å². The summed E-state index contributed by atoms with van der Waals surface area (Å²) in [7, 11) is -2.03. The maximum atomic E-state index is 10.7. The summed E-state index contributed by atoms with van der Waals surface area (Å²) in [6.45, 7) is 0. The van der Waals surface area contributed by atoms with E-state index in [1.807, 2.05) is 0 Å². The largest absolute Gasteiger partial charge is 0.664 e. The third kappa shape index (κ3) is 7.29. The lowest BCUT2D eigenvalue weighted by molar-refractivity contribution is -0.385. The van der Waals surface area contributed by atoms with Gasteiger partial charge in [0.05, 0.1) is 32.6 Å². The van der Waals surface area contributed by atoms with Gasteiger partial charge in [-0.15, -0.1) is 0 Å². The standard InChI is InChI=1S/C24H17N7O6P/c25-38(36-23-13-5-19(6-14-23)28-26-17-1-9-21(10-2-17)30(32)33)37-24-15-7-20(8-16-24)29-27-18-3-11-22(12-4-18)31(34)35/h1-16,25H/q+1. The van der Waals surface area contributed by atoms with Gasteiger partial charge in [0.1, 0.15) is 0 Å². The molecule has 0 radical (unpaired) electrons. The zero-order valence-corrected chi connectivity index (χ0v) is 20.2. The number of nitrogens with zero attached hydrogens (tertiary/aromatic N) is 6. The first-order valence-electron chi connectivity index (χ1n) is 10.8. The number of azo groups is 2. The first-order chi connectivity index (χ1) is 18.4. The molecule has 0 fully saturated rings. The summed E-state index contributed by atoms with van der Waals surface area (Å²) >= 11 is 0. The number of nitro benzene ring substituents is 2. The van der Waals surface area contributed by atoms with Gasteiger partial charge in [0.2, 0.25) is 0 Å². The Morgan fingerprint density at radius 3 is 1.05 bits per heavy atom. The molecule has 0 unspecified atom stereocenters. The summed E-state index contributed by atoms with van der Waals surface area (Å²) in [6.07, 6.45) is 0. The molecule has 0 aliphatic heterocycles. The predicted molar refractivity (Wildman–Crippen MR) is 138 cm³/mol. The highest BCUT2D eigenvalue weighted by Gasteiger charge is 2.18. The van der Waals surface area contributed by atoms with E-state index >= 15 is 0 Å². The second kappa shape index (κ2) is 12.0. The van der Waals surface area contributed by atoms with Crippen LogP contribution in [0.5, 0.6) is 11.5 Å². The van der Waals surface area contributed by atoms with E-state index in [1.54, 1.807) is 48.5 Å². The topological polar surface area (TPSA) is 178 Å². The van der Waals surface area contributed by atoms with E-state index in [0.717, 1.165) is 0 Å². The Hall–Kier alpha value is -5.42. The molecule has 4 aromatic rings. The van der Waals surface area contributed by atoms with Gasteiger partial charge in [-0.25, -0.2) is 9.05 Å². The number of hydrogen-bond acceptors (Lipinski definition) is 11. The maximum Gasteiger partial charge on any atom is 0.664 e. The van der Waals surface area contributed by atoms with E-state index in [4.69, 9.17) is 14.2 Å². The second-order valence-electron chi connectivity index (χ2n) is 7.37. The van der Waals surface area contributed by atoms with Crippen molar-refractivity contribution in [1.29, 1.82) is 5.16 Å². The van der Waals surface area contributed by atoms with E-state index in [-0.39, 0.29) is 11.4 Å². The molecule has 0 spiro atoms. The van der Waals surface area contributed by atoms with Crippen LogP contribution < -0.4 is 9.05 Å². The van der Waals surface area contributed by atoms with Crippen molar-refractivity contribution in [2.45, 2.75) is 0 Å². The monoisotopic (exact) mass is 530 g/mol. The summed E-state index contributed by atoms with van der Waals surface area (Å²) < 4.78 is 11.0. The van der Waals surface area contributed by atoms with E-state index in [1.165, 1.54) is 48.5 Å². The van der Waals surface area contributed by atoms with Crippen LogP contribution in [0.4, 0.5) is 34.1 Å². The van der Waals surface area contributed by atoms with Crippen LogP contribution in [0.2, 0.25) is 0 Å². The van der Waals surface area contributed by atoms with Gasteiger partial charge < -0.3 is 0 Å². The first kappa shape index (κ1) is 25.7. The molecule has 0 saturated carbocycles. The Labute approximate surface area is 215 Å². The quantitative estimate of drug-likeness (QED) is 0.0925. The van der Waals surface area contributed by atoms with Crippen molar-refractivity contribution in [3.63, 3.8) is 0 Å². The average Bonchev–Trinajstić information content (AvgIpc) is 2.92. The molecule has 13 nitrogen and oxygen atoms in total. The molecule has 14 heteroatoms. The summed E-state index contributed by atoms with van der Waals surface area (Å²) in [4.78, 5) is 20.4. The fourth-order valence-corrected chi connectivity index (χ4v) is 3.53. The predicted octanol–water partition coefficient (Wildman–Crippen LogP) is 8.87. The van der Waals surface area contributed by atoms with Gasteiger partial charge in [-0.3, -0.25) is 20.2 Å². The Balaban J connectivity index is 1.28. The lowest BCUT2D eigenvalue weighted by atomic mass is 10.3. The molecule has 4 aromatic carbocycles. The Morgan fingerprint density at radius 2 is 0.789 bits per heavy atom. The van der Waals surface area contributed by atoms with Gasteiger partial charge in [-0.1, -0.05) is 0 Å². The molecule has 0 saturated heterocycles. The molecule has 1 N–H and O–H groups in total. The van der Waals surface area contributed by atoms with Crippen LogP contribution in [0.1, 0.15) is 0 Å². The number of nitro groups is 2. The summed E-state index contributed by atoms with van der Waals surface area (Å²) in [6, 6.07) is 24.5.